The van der Waals surface area contributed by atoms with Crippen molar-refractivity contribution in [3.05, 3.63) is 34.9 Å². The number of hydrogen-bond donors (Lipinski definition) is 2. The van der Waals surface area contributed by atoms with Crippen molar-refractivity contribution in [2.45, 2.75) is 37.5 Å². The first-order valence-electron chi connectivity index (χ1n) is 6.95. The second-order valence-electron chi connectivity index (χ2n) is 5.36. The van der Waals surface area contributed by atoms with Crippen LogP contribution in [0, 0.1) is 5.92 Å². The van der Waals surface area contributed by atoms with Crippen LogP contribution in [0.15, 0.2) is 24.3 Å². The molecule has 2 rings (SSSR count). The van der Waals surface area contributed by atoms with Crippen molar-refractivity contribution in [2.24, 2.45) is 11.7 Å². The van der Waals surface area contributed by atoms with Crippen LogP contribution in [-0.4, -0.2) is 21.0 Å². The second kappa shape index (κ2) is 8.34. The smallest absolute Gasteiger partial charge is 0.216 e. The number of nitrogens with two attached hydrogens (primary N) is 1. The molecule has 1 saturated carbocycles. The Morgan fingerprint density at radius 3 is 2.57 bits per heavy atom. The van der Waals surface area contributed by atoms with Crippen molar-refractivity contribution in [3.63, 3.8) is 0 Å². The molecule has 1 aromatic carbocycles. The highest BCUT2D eigenvalue weighted by atomic mass is 35.5. The molecule has 0 saturated heterocycles. The molecule has 1 aliphatic rings. The van der Waals surface area contributed by atoms with Gasteiger partial charge in [0.15, 0.2) is 0 Å². The van der Waals surface area contributed by atoms with Gasteiger partial charge < -0.3 is 5.73 Å². The summed E-state index contributed by atoms with van der Waals surface area (Å²) in [7, 11) is -3.39. The first-order chi connectivity index (χ1) is 9.52. The molecule has 0 amide bonds. The number of nitrogens with one attached hydrogen (secondary N) is 1. The topological polar surface area (TPSA) is 72.2 Å². The summed E-state index contributed by atoms with van der Waals surface area (Å²) in [6.45, 7) is 0.527. The monoisotopic (exact) mass is 352 g/mol. The van der Waals surface area contributed by atoms with Crippen LogP contribution >= 0.6 is 24.0 Å². The SMILES string of the molecule is Cl.NCC1CCCCC1NS(=O)(=O)Cc1ccccc1Cl. The van der Waals surface area contributed by atoms with Gasteiger partial charge in [-0.05, 0) is 36.9 Å². The van der Waals surface area contributed by atoms with E-state index in [4.69, 9.17) is 17.3 Å². The molecule has 1 fully saturated rings. The van der Waals surface area contributed by atoms with E-state index in [1.54, 1.807) is 24.3 Å². The Balaban J connectivity index is 0.00000220. The fourth-order valence-corrected chi connectivity index (χ4v) is 4.54. The van der Waals surface area contributed by atoms with Gasteiger partial charge in [0.25, 0.3) is 0 Å². The molecule has 0 aromatic heterocycles. The van der Waals surface area contributed by atoms with Gasteiger partial charge in [0.1, 0.15) is 0 Å². The molecule has 2 unspecified atom stereocenters. The van der Waals surface area contributed by atoms with Crippen LogP contribution in [-0.2, 0) is 15.8 Å². The van der Waals surface area contributed by atoms with Crippen molar-refractivity contribution in [1.29, 1.82) is 0 Å². The van der Waals surface area contributed by atoms with Gasteiger partial charge in [0, 0.05) is 11.1 Å². The summed E-state index contributed by atoms with van der Waals surface area (Å²) in [5.74, 6) is 0.158. The third-order valence-corrected chi connectivity index (χ3v) is 5.57. The number of benzene rings is 1. The van der Waals surface area contributed by atoms with Gasteiger partial charge in [-0.2, -0.15) is 0 Å². The van der Waals surface area contributed by atoms with Crippen LogP contribution in [0.1, 0.15) is 31.2 Å². The van der Waals surface area contributed by atoms with Gasteiger partial charge in [-0.3, -0.25) is 0 Å². The van der Waals surface area contributed by atoms with Gasteiger partial charge in [0.05, 0.1) is 5.75 Å². The van der Waals surface area contributed by atoms with E-state index in [1.165, 1.54) is 0 Å². The average Bonchev–Trinajstić information content (AvgIpc) is 2.41. The lowest BCUT2D eigenvalue weighted by Crippen LogP contribution is -2.45. The van der Waals surface area contributed by atoms with Gasteiger partial charge in [-0.25, -0.2) is 13.1 Å². The van der Waals surface area contributed by atoms with E-state index >= 15 is 0 Å². The molecule has 7 heteroatoms. The van der Waals surface area contributed by atoms with Gasteiger partial charge in [-0.1, -0.05) is 42.6 Å². The molecular formula is C14H22Cl2N2O2S. The van der Waals surface area contributed by atoms with Crippen molar-refractivity contribution >= 4 is 34.0 Å². The summed E-state index contributed by atoms with van der Waals surface area (Å²) in [6, 6.07) is 6.98. The molecule has 0 radical (unpaired) electrons. The lowest BCUT2D eigenvalue weighted by atomic mass is 9.85. The Hall–Kier alpha value is -0.330. The van der Waals surface area contributed by atoms with Crippen LogP contribution in [0.25, 0.3) is 0 Å². The highest BCUT2D eigenvalue weighted by molar-refractivity contribution is 7.88. The Morgan fingerprint density at radius 1 is 1.24 bits per heavy atom. The average molecular weight is 353 g/mol. The summed E-state index contributed by atoms with van der Waals surface area (Å²) < 4.78 is 27.3. The van der Waals surface area contributed by atoms with Crippen LogP contribution in [0.4, 0.5) is 0 Å². The lowest BCUT2D eigenvalue weighted by Gasteiger charge is -2.31. The molecule has 0 heterocycles. The van der Waals surface area contributed by atoms with Gasteiger partial charge in [-0.15, -0.1) is 12.4 Å². The van der Waals surface area contributed by atoms with Crippen molar-refractivity contribution in [2.75, 3.05) is 6.54 Å². The normalized spacial score (nSPS) is 22.6. The van der Waals surface area contributed by atoms with E-state index in [0.29, 0.717) is 17.1 Å². The van der Waals surface area contributed by atoms with E-state index in [1.807, 2.05) is 0 Å². The summed E-state index contributed by atoms with van der Waals surface area (Å²) in [5, 5.41) is 0.483. The van der Waals surface area contributed by atoms with E-state index in [0.717, 1.165) is 25.7 Å². The van der Waals surface area contributed by atoms with Crippen molar-refractivity contribution < 1.29 is 8.42 Å². The van der Waals surface area contributed by atoms with E-state index in [9.17, 15) is 8.42 Å². The third kappa shape index (κ3) is 5.42. The summed E-state index contributed by atoms with van der Waals surface area (Å²) in [5.41, 5.74) is 6.36. The van der Waals surface area contributed by atoms with Gasteiger partial charge in [0.2, 0.25) is 10.0 Å². The summed E-state index contributed by atoms with van der Waals surface area (Å²) >= 11 is 6.02. The molecule has 120 valence electrons. The second-order valence-corrected chi connectivity index (χ2v) is 7.52. The highest BCUT2D eigenvalue weighted by Crippen LogP contribution is 2.25. The maximum Gasteiger partial charge on any atom is 0.216 e. The number of halogens is 2. The molecule has 21 heavy (non-hydrogen) atoms. The van der Waals surface area contributed by atoms with Crippen LogP contribution in [0.3, 0.4) is 0 Å². The predicted molar refractivity (Wildman–Crippen MR) is 89.3 cm³/mol. The van der Waals surface area contributed by atoms with E-state index < -0.39 is 10.0 Å². The molecule has 1 aromatic rings. The molecule has 4 nitrogen and oxygen atoms in total. The maximum atomic E-state index is 12.3. The minimum atomic E-state index is -3.39. The first-order valence-corrected chi connectivity index (χ1v) is 8.98. The zero-order valence-corrected chi connectivity index (χ0v) is 14.2. The minimum Gasteiger partial charge on any atom is -0.330 e. The standard InChI is InChI=1S/C14H21ClN2O2S.ClH/c15-13-7-3-1-6-12(13)10-20(18,19)17-14-8-4-2-5-11(14)9-16;/h1,3,6-7,11,14,17H,2,4-5,8-10,16H2;1H. The first kappa shape index (κ1) is 18.7. The van der Waals surface area contributed by atoms with E-state index in [2.05, 4.69) is 4.72 Å². The van der Waals surface area contributed by atoms with E-state index in [-0.39, 0.29) is 30.1 Å². The molecular weight excluding hydrogens is 331 g/mol. The molecule has 0 bridgehead atoms. The van der Waals surface area contributed by atoms with Crippen molar-refractivity contribution in [3.8, 4) is 0 Å². The predicted octanol–water partition coefficient (Wildman–Crippen LogP) is 2.70. The fraction of sp³-hybridized carbons (Fsp3) is 0.571. The third-order valence-electron chi connectivity index (χ3n) is 3.85. The van der Waals surface area contributed by atoms with Crippen molar-refractivity contribution in [1.82, 2.24) is 4.72 Å². The number of rotatable bonds is 5. The lowest BCUT2D eigenvalue weighted by molar-refractivity contribution is 0.296. The van der Waals surface area contributed by atoms with Gasteiger partial charge >= 0.3 is 0 Å². The summed E-state index contributed by atoms with van der Waals surface area (Å²) in [6.07, 6.45) is 4.04. The van der Waals surface area contributed by atoms with Crippen LogP contribution < -0.4 is 10.5 Å². The number of sulfonamides is 1. The minimum absolute atomic E-state index is 0. The Morgan fingerprint density at radius 2 is 1.90 bits per heavy atom. The summed E-state index contributed by atoms with van der Waals surface area (Å²) in [4.78, 5) is 0. The van der Waals surface area contributed by atoms with Crippen LogP contribution in [0.2, 0.25) is 5.02 Å². The van der Waals surface area contributed by atoms with Crippen LogP contribution in [0.5, 0.6) is 0 Å². The fourth-order valence-electron chi connectivity index (χ4n) is 2.74. The quantitative estimate of drug-likeness (QED) is 0.855. The molecule has 2 atom stereocenters. The number of hydrogen-bond acceptors (Lipinski definition) is 3. The molecule has 3 N–H and O–H groups in total. The highest BCUT2D eigenvalue weighted by Gasteiger charge is 2.28. The maximum absolute atomic E-state index is 12.3. The zero-order valence-electron chi connectivity index (χ0n) is 11.8. The Bertz CT molecular complexity index is 552. The molecule has 0 aliphatic heterocycles. The Kier molecular flexibility index (Phi) is 7.44. The Labute approximate surface area is 137 Å². The molecule has 1 aliphatic carbocycles. The zero-order chi connectivity index (χ0) is 14.6. The molecule has 0 spiro atoms. The largest absolute Gasteiger partial charge is 0.330 e.